The Balaban J connectivity index is 1.64. The van der Waals surface area contributed by atoms with E-state index in [1.807, 2.05) is 12.1 Å². The average Bonchev–Trinajstić information content (AvgIpc) is 2.84. The van der Waals surface area contributed by atoms with Crippen LogP contribution in [0.4, 0.5) is 17.3 Å². The van der Waals surface area contributed by atoms with Gasteiger partial charge in [0.05, 0.1) is 4.92 Å². The van der Waals surface area contributed by atoms with Crippen molar-refractivity contribution in [3.63, 3.8) is 0 Å². The molecule has 35 heavy (non-hydrogen) atoms. The molecule has 2 amide bonds. The smallest absolute Gasteiger partial charge is 0.270 e. The van der Waals surface area contributed by atoms with Crippen molar-refractivity contribution in [2.45, 2.75) is 6.92 Å². The number of rotatable bonds is 11. The third-order valence-corrected chi connectivity index (χ3v) is 4.92. The van der Waals surface area contributed by atoms with E-state index in [0.29, 0.717) is 42.1 Å². The summed E-state index contributed by atoms with van der Waals surface area (Å²) in [4.78, 5) is 42.8. The van der Waals surface area contributed by atoms with Gasteiger partial charge in [0.25, 0.3) is 11.6 Å². The normalized spacial score (nSPS) is 10.3. The number of non-ortho nitro benzene ring substituents is 1. The number of nitro groups is 1. The molecule has 0 aliphatic rings. The van der Waals surface area contributed by atoms with Crippen LogP contribution in [0.25, 0.3) is 11.4 Å². The quantitative estimate of drug-likeness (QED) is 0.179. The third-order valence-electron chi connectivity index (χ3n) is 4.67. The van der Waals surface area contributed by atoms with E-state index in [-0.39, 0.29) is 23.7 Å². The van der Waals surface area contributed by atoms with E-state index < -0.39 is 10.8 Å². The molecule has 0 spiro atoms. The lowest BCUT2D eigenvalue weighted by atomic mass is 10.2. The summed E-state index contributed by atoms with van der Waals surface area (Å²) in [7, 11) is 0. The van der Waals surface area contributed by atoms with Crippen molar-refractivity contribution in [3.05, 3.63) is 75.3 Å². The molecule has 0 unspecified atom stereocenters. The van der Waals surface area contributed by atoms with Gasteiger partial charge >= 0.3 is 0 Å². The molecule has 2 aromatic carbocycles. The lowest BCUT2D eigenvalue weighted by Crippen LogP contribution is -2.29. The number of aromatic nitrogens is 2. The van der Waals surface area contributed by atoms with E-state index in [1.165, 1.54) is 31.2 Å². The molecule has 0 bridgehead atoms. The van der Waals surface area contributed by atoms with Crippen LogP contribution in [0.15, 0.2) is 54.6 Å². The van der Waals surface area contributed by atoms with E-state index in [1.54, 1.807) is 18.2 Å². The molecular weight excluding hydrogens is 474 g/mol. The molecule has 0 aliphatic carbocycles. The highest BCUT2D eigenvalue weighted by Crippen LogP contribution is 2.22. The van der Waals surface area contributed by atoms with Crippen molar-refractivity contribution < 1.29 is 14.5 Å². The first-order valence-corrected chi connectivity index (χ1v) is 11.1. The minimum absolute atomic E-state index is 0.120. The molecule has 1 heterocycles. The number of carbonyl (C=O) groups excluding carboxylic acids is 2. The Hall–Kier alpha value is -4.25. The second kappa shape index (κ2) is 12.3. The molecule has 0 radical (unpaired) electrons. The molecule has 0 fully saturated rings. The monoisotopic (exact) mass is 497 g/mol. The van der Waals surface area contributed by atoms with Gasteiger partial charge in [-0.3, -0.25) is 19.7 Å². The number of amides is 2. The number of anilines is 2. The number of hydrogen-bond donors (Lipinski definition) is 4. The molecule has 3 rings (SSSR count). The lowest BCUT2D eigenvalue weighted by Gasteiger charge is -2.12. The number of benzene rings is 2. The van der Waals surface area contributed by atoms with Gasteiger partial charge in [-0.15, -0.1) is 0 Å². The summed E-state index contributed by atoms with van der Waals surface area (Å²) in [5, 5.41) is 23.2. The second-order valence-corrected chi connectivity index (χ2v) is 7.81. The SMILES string of the molecule is CC(=O)NCCNc1cc(NCCNC(=O)c2cccc([N+](=O)[O-])c2)nc(-c2ccc(Cl)cc2)n1. The maximum Gasteiger partial charge on any atom is 0.270 e. The fraction of sp³-hybridized carbons (Fsp3) is 0.217. The van der Waals surface area contributed by atoms with Crippen LogP contribution in [0.1, 0.15) is 17.3 Å². The van der Waals surface area contributed by atoms with Gasteiger partial charge in [-0.25, -0.2) is 9.97 Å². The first kappa shape index (κ1) is 25.4. The Bertz CT molecular complexity index is 1200. The van der Waals surface area contributed by atoms with Crippen LogP contribution in [-0.4, -0.2) is 52.9 Å². The van der Waals surface area contributed by atoms with E-state index in [2.05, 4.69) is 31.2 Å². The molecule has 4 N–H and O–H groups in total. The van der Waals surface area contributed by atoms with Crippen LogP contribution < -0.4 is 21.3 Å². The molecule has 0 saturated heterocycles. The molecule has 0 atom stereocenters. The van der Waals surface area contributed by atoms with Crippen molar-refractivity contribution in [3.8, 4) is 11.4 Å². The molecule has 1 aromatic heterocycles. The predicted octanol–water partition coefficient (Wildman–Crippen LogP) is 3.10. The van der Waals surface area contributed by atoms with Crippen LogP contribution >= 0.6 is 11.6 Å². The fourth-order valence-corrected chi connectivity index (χ4v) is 3.14. The van der Waals surface area contributed by atoms with Gasteiger partial charge in [0, 0.05) is 67.5 Å². The number of carbonyl (C=O) groups is 2. The number of halogens is 1. The van der Waals surface area contributed by atoms with Gasteiger partial charge in [-0.1, -0.05) is 17.7 Å². The summed E-state index contributed by atoms with van der Waals surface area (Å²) in [6.07, 6.45) is 0. The van der Waals surface area contributed by atoms with Crippen LogP contribution in [0, 0.1) is 10.1 Å². The Kier molecular flexibility index (Phi) is 8.90. The van der Waals surface area contributed by atoms with E-state index >= 15 is 0 Å². The van der Waals surface area contributed by atoms with Crippen LogP contribution in [-0.2, 0) is 4.79 Å². The van der Waals surface area contributed by atoms with Crippen molar-refractivity contribution >= 4 is 40.7 Å². The number of nitro benzene ring substituents is 1. The highest BCUT2D eigenvalue weighted by Gasteiger charge is 2.11. The molecule has 3 aromatic rings. The Morgan fingerprint density at radius 2 is 1.54 bits per heavy atom. The molecule has 182 valence electrons. The number of nitrogens with zero attached hydrogens (tertiary/aromatic N) is 3. The predicted molar refractivity (Wildman–Crippen MR) is 134 cm³/mol. The Morgan fingerprint density at radius 3 is 2.14 bits per heavy atom. The van der Waals surface area contributed by atoms with E-state index in [4.69, 9.17) is 11.6 Å². The topological polar surface area (TPSA) is 151 Å². The van der Waals surface area contributed by atoms with Gasteiger partial charge in [0.1, 0.15) is 11.6 Å². The summed E-state index contributed by atoms with van der Waals surface area (Å²) in [5.74, 6) is 1.01. The third kappa shape index (κ3) is 7.93. The molecule has 12 heteroatoms. The van der Waals surface area contributed by atoms with Crippen LogP contribution in [0.5, 0.6) is 0 Å². The molecular formula is C23H24ClN7O4. The first-order chi connectivity index (χ1) is 16.8. The Labute approximate surface area is 206 Å². The minimum Gasteiger partial charge on any atom is -0.368 e. The van der Waals surface area contributed by atoms with Crippen molar-refractivity contribution in [2.24, 2.45) is 0 Å². The summed E-state index contributed by atoms with van der Waals surface area (Å²) in [6.45, 7) is 2.96. The van der Waals surface area contributed by atoms with E-state index in [9.17, 15) is 19.7 Å². The molecule has 0 saturated carbocycles. The van der Waals surface area contributed by atoms with Gasteiger partial charge in [-0.2, -0.15) is 0 Å². The van der Waals surface area contributed by atoms with Gasteiger partial charge in [-0.05, 0) is 30.3 Å². The standard InChI is InChI=1S/C23H24ClN7O4/c1-15(32)25-9-10-26-20-14-21(30-22(29-20)16-5-7-18(24)8-6-16)27-11-12-28-23(33)17-3-2-4-19(13-17)31(34)35/h2-8,13-14H,9-12H2,1H3,(H,25,32)(H,28,33)(H2,26,27,29,30). The summed E-state index contributed by atoms with van der Waals surface area (Å²) >= 11 is 5.98. The van der Waals surface area contributed by atoms with Crippen LogP contribution in [0.3, 0.4) is 0 Å². The first-order valence-electron chi connectivity index (χ1n) is 10.7. The highest BCUT2D eigenvalue weighted by molar-refractivity contribution is 6.30. The van der Waals surface area contributed by atoms with Gasteiger partial charge < -0.3 is 21.3 Å². The van der Waals surface area contributed by atoms with Crippen molar-refractivity contribution in [1.82, 2.24) is 20.6 Å². The Morgan fingerprint density at radius 1 is 0.914 bits per heavy atom. The van der Waals surface area contributed by atoms with Crippen LogP contribution in [0.2, 0.25) is 5.02 Å². The largest absolute Gasteiger partial charge is 0.368 e. The summed E-state index contributed by atoms with van der Waals surface area (Å²) in [6, 6.07) is 14.3. The highest BCUT2D eigenvalue weighted by atomic mass is 35.5. The summed E-state index contributed by atoms with van der Waals surface area (Å²) < 4.78 is 0. The number of nitrogens with one attached hydrogen (secondary N) is 4. The minimum atomic E-state index is -0.548. The lowest BCUT2D eigenvalue weighted by molar-refractivity contribution is -0.384. The van der Waals surface area contributed by atoms with E-state index in [0.717, 1.165) is 5.56 Å². The zero-order valence-electron chi connectivity index (χ0n) is 18.9. The maximum atomic E-state index is 12.3. The van der Waals surface area contributed by atoms with Crippen molar-refractivity contribution in [1.29, 1.82) is 0 Å². The van der Waals surface area contributed by atoms with Crippen molar-refractivity contribution in [2.75, 3.05) is 36.8 Å². The maximum absolute atomic E-state index is 12.3. The number of hydrogen-bond acceptors (Lipinski definition) is 8. The average molecular weight is 498 g/mol. The summed E-state index contributed by atoms with van der Waals surface area (Å²) in [5.41, 5.74) is 0.823. The fourth-order valence-electron chi connectivity index (χ4n) is 3.01. The molecule has 0 aliphatic heterocycles. The zero-order valence-corrected chi connectivity index (χ0v) is 19.6. The second-order valence-electron chi connectivity index (χ2n) is 7.37. The molecule has 11 nitrogen and oxygen atoms in total. The zero-order chi connectivity index (χ0) is 25.2. The van der Waals surface area contributed by atoms with Gasteiger partial charge in [0.2, 0.25) is 5.91 Å². The van der Waals surface area contributed by atoms with Gasteiger partial charge in [0.15, 0.2) is 5.82 Å².